The number of aryl methyl sites for hydroxylation is 1. The van der Waals surface area contributed by atoms with Crippen LogP contribution in [0.15, 0.2) is 24.3 Å². The van der Waals surface area contributed by atoms with Crippen LogP contribution in [-0.2, 0) is 4.79 Å². The third-order valence-electron chi connectivity index (χ3n) is 2.52. The summed E-state index contributed by atoms with van der Waals surface area (Å²) in [6, 6.07) is 7.70. The molecular formula is C12H18N2O. The number of hydrogen-bond donors (Lipinski definition) is 2. The van der Waals surface area contributed by atoms with Gasteiger partial charge in [-0.05, 0) is 32.4 Å². The number of nitrogens with two attached hydrogens (primary N) is 1. The minimum atomic E-state index is -0.526. The molecule has 3 N–H and O–H groups in total. The summed E-state index contributed by atoms with van der Waals surface area (Å²) in [5.74, 6) is -0.0423. The van der Waals surface area contributed by atoms with Crippen molar-refractivity contribution in [1.82, 2.24) is 0 Å². The Hall–Kier alpha value is -1.35. The average molecular weight is 206 g/mol. The number of benzene rings is 1. The van der Waals surface area contributed by atoms with E-state index >= 15 is 0 Å². The Kier molecular flexibility index (Phi) is 3.48. The van der Waals surface area contributed by atoms with Crippen LogP contribution in [0.5, 0.6) is 0 Å². The fourth-order valence-corrected chi connectivity index (χ4v) is 1.10. The van der Waals surface area contributed by atoms with Crippen LogP contribution in [0, 0.1) is 12.3 Å². The first-order valence-electron chi connectivity index (χ1n) is 5.04. The molecule has 0 bridgehead atoms. The Balaban J connectivity index is 2.80. The van der Waals surface area contributed by atoms with Gasteiger partial charge in [-0.15, -0.1) is 0 Å². The number of carbonyl (C=O) groups excluding carboxylic acids is 1. The summed E-state index contributed by atoms with van der Waals surface area (Å²) >= 11 is 0. The smallest absolute Gasteiger partial charge is 0.231 e. The molecule has 0 aliphatic rings. The van der Waals surface area contributed by atoms with Crippen LogP contribution in [0.3, 0.4) is 0 Å². The Bertz CT molecular complexity index is 358. The van der Waals surface area contributed by atoms with Crippen LogP contribution < -0.4 is 11.1 Å². The number of amides is 1. The highest BCUT2D eigenvalue weighted by molar-refractivity contribution is 5.95. The first-order chi connectivity index (χ1) is 6.97. The third-order valence-corrected chi connectivity index (χ3v) is 2.52. The van der Waals surface area contributed by atoms with Crippen LogP contribution in [0.25, 0.3) is 0 Å². The van der Waals surface area contributed by atoms with Gasteiger partial charge in [-0.1, -0.05) is 18.2 Å². The lowest BCUT2D eigenvalue weighted by atomic mass is 9.92. The highest BCUT2D eigenvalue weighted by atomic mass is 16.2. The quantitative estimate of drug-likeness (QED) is 0.793. The number of carbonyl (C=O) groups is 1. The van der Waals surface area contributed by atoms with Crippen molar-refractivity contribution < 1.29 is 4.79 Å². The van der Waals surface area contributed by atoms with E-state index < -0.39 is 5.41 Å². The predicted octanol–water partition coefficient (Wildman–Crippen LogP) is 1.92. The zero-order valence-electron chi connectivity index (χ0n) is 9.50. The number of anilines is 1. The molecule has 0 fully saturated rings. The van der Waals surface area contributed by atoms with Gasteiger partial charge in [0, 0.05) is 12.2 Å². The second kappa shape index (κ2) is 4.45. The van der Waals surface area contributed by atoms with E-state index in [2.05, 4.69) is 5.32 Å². The molecule has 0 aliphatic carbocycles. The Morgan fingerprint density at radius 3 is 2.53 bits per heavy atom. The van der Waals surface area contributed by atoms with Gasteiger partial charge in [-0.25, -0.2) is 0 Å². The highest BCUT2D eigenvalue weighted by Gasteiger charge is 2.25. The number of nitrogens with one attached hydrogen (secondary N) is 1. The molecule has 0 unspecified atom stereocenters. The number of rotatable bonds is 3. The van der Waals surface area contributed by atoms with Crippen LogP contribution in [0.1, 0.15) is 19.4 Å². The Morgan fingerprint density at radius 2 is 2.00 bits per heavy atom. The van der Waals surface area contributed by atoms with E-state index in [1.54, 1.807) is 0 Å². The van der Waals surface area contributed by atoms with Crippen LogP contribution in [0.2, 0.25) is 0 Å². The van der Waals surface area contributed by atoms with E-state index in [0.717, 1.165) is 11.3 Å². The van der Waals surface area contributed by atoms with Gasteiger partial charge in [0.05, 0.1) is 5.41 Å². The van der Waals surface area contributed by atoms with Gasteiger partial charge in [-0.2, -0.15) is 0 Å². The Morgan fingerprint density at radius 1 is 1.40 bits per heavy atom. The minimum absolute atomic E-state index is 0.0423. The summed E-state index contributed by atoms with van der Waals surface area (Å²) in [4.78, 5) is 11.8. The molecule has 0 aliphatic heterocycles. The molecule has 82 valence electrons. The van der Waals surface area contributed by atoms with Crippen molar-refractivity contribution in [2.24, 2.45) is 11.1 Å². The lowest BCUT2D eigenvalue weighted by Crippen LogP contribution is -2.37. The van der Waals surface area contributed by atoms with E-state index in [4.69, 9.17) is 5.73 Å². The second-order valence-corrected chi connectivity index (χ2v) is 4.36. The molecule has 3 nitrogen and oxygen atoms in total. The summed E-state index contributed by atoms with van der Waals surface area (Å²) in [6.45, 7) is 5.97. The lowest BCUT2D eigenvalue weighted by molar-refractivity contribution is -0.123. The van der Waals surface area contributed by atoms with Gasteiger partial charge in [0.1, 0.15) is 0 Å². The predicted molar refractivity (Wildman–Crippen MR) is 62.6 cm³/mol. The fraction of sp³-hybridized carbons (Fsp3) is 0.417. The van der Waals surface area contributed by atoms with Gasteiger partial charge in [0.25, 0.3) is 0 Å². The van der Waals surface area contributed by atoms with Crippen molar-refractivity contribution in [3.63, 3.8) is 0 Å². The highest BCUT2D eigenvalue weighted by Crippen LogP contribution is 2.19. The molecule has 0 spiro atoms. The van der Waals surface area contributed by atoms with Gasteiger partial charge in [0.15, 0.2) is 0 Å². The largest absolute Gasteiger partial charge is 0.329 e. The molecule has 0 heterocycles. The first-order valence-corrected chi connectivity index (χ1v) is 5.04. The van der Waals surface area contributed by atoms with Gasteiger partial charge >= 0.3 is 0 Å². The summed E-state index contributed by atoms with van der Waals surface area (Å²) in [5, 5.41) is 2.88. The van der Waals surface area contributed by atoms with Gasteiger partial charge in [-0.3, -0.25) is 4.79 Å². The summed E-state index contributed by atoms with van der Waals surface area (Å²) < 4.78 is 0. The maximum Gasteiger partial charge on any atom is 0.231 e. The van der Waals surface area contributed by atoms with E-state index in [0.29, 0.717) is 6.54 Å². The number of hydrogen-bond acceptors (Lipinski definition) is 2. The zero-order chi connectivity index (χ0) is 11.5. The summed E-state index contributed by atoms with van der Waals surface area (Å²) in [5.41, 5.74) is 6.92. The van der Waals surface area contributed by atoms with Crippen molar-refractivity contribution >= 4 is 11.6 Å². The molecule has 1 aromatic rings. The van der Waals surface area contributed by atoms with E-state index in [1.807, 2.05) is 45.0 Å². The molecule has 1 rings (SSSR count). The normalized spacial score (nSPS) is 11.2. The Labute approximate surface area is 90.7 Å². The molecule has 0 radical (unpaired) electrons. The van der Waals surface area contributed by atoms with Crippen LogP contribution in [-0.4, -0.2) is 12.5 Å². The van der Waals surface area contributed by atoms with Crippen LogP contribution in [0.4, 0.5) is 5.69 Å². The summed E-state index contributed by atoms with van der Waals surface area (Å²) in [6.07, 6.45) is 0. The topological polar surface area (TPSA) is 55.1 Å². The van der Waals surface area contributed by atoms with E-state index in [9.17, 15) is 4.79 Å². The molecule has 0 atom stereocenters. The van der Waals surface area contributed by atoms with Crippen molar-refractivity contribution in [2.45, 2.75) is 20.8 Å². The molecule has 0 saturated carbocycles. The number of para-hydroxylation sites is 1. The maximum atomic E-state index is 11.8. The average Bonchev–Trinajstić information content (AvgIpc) is 2.21. The molecule has 1 aromatic carbocycles. The van der Waals surface area contributed by atoms with Crippen molar-refractivity contribution in [3.8, 4) is 0 Å². The lowest BCUT2D eigenvalue weighted by Gasteiger charge is -2.21. The SMILES string of the molecule is Cc1ccccc1NC(=O)C(C)(C)CN. The molecular weight excluding hydrogens is 188 g/mol. The van der Waals surface area contributed by atoms with E-state index in [-0.39, 0.29) is 5.91 Å². The standard InChI is InChI=1S/C12H18N2O/c1-9-6-4-5-7-10(9)14-11(15)12(2,3)8-13/h4-7H,8,13H2,1-3H3,(H,14,15). The minimum Gasteiger partial charge on any atom is -0.329 e. The monoisotopic (exact) mass is 206 g/mol. The molecule has 15 heavy (non-hydrogen) atoms. The molecule has 0 saturated heterocycles. The van der Waals surface area contributed by atoms with Crippen molar-refractivity contribution in [1.29, 1.82) is 0 Å². The summed E-state index contributed by atoms with van der Waals surface area (Å²) in [7, 11) is 0. The first kappa shape index (κ1) is 11.7. The molecule has 1 amide bonds. The second-order valence-electron chi connectivity index (χ2n) is 4.36. The van der Waals surface area contributed by atoms with Crippen molar-refractivity contribution in [3.05, 3.63) is 29.8 Å². The van der Waals surface area contributed by atoms with Crippen LogP contribution >= 0.6 is 0 Å². The fourth-order valence-electron chi connectivity index (χ4n) is 1.10. The maximum absolute atomic E-state index is 11.8. The third kappa shape index (κ3) is 2.80. The van der Waals surface area contributed by atoms with Crippen molar-refractivity contribution in [2.75, 3.05) is 11.9 Å². The van der Waals surface area contributed by atoms with Gasteiger partial charge < -0.3 is 11.1 Å². The van der Waals surface area contributed by atoms with Gasteiger partial charge in [0.2, 0.25) is 5.91 Å². The zero-order valence-corrected chi connectivity index (χ0v) is 9.50. The molecule has 3 heteroatoms. The van der Waals surface area contributed by atoms with E-state index in [1.165, 1.54) is 0 Å². The molecule has 0 aromatic heterocycles.